The molecule has 42 heavy (non-hydrogen) atoms. The number of rotatable bonds is 3. The SMILES string of the molecule is CC(C)(C)c1cc(P(c2cc(C(C)(C)C)cc(C(C)(C)C)c2)c2ccc[cH-]2)cc(C(C)(C)C)c1.[Cl-].[Cl-].[Fe+2].c1cc[cH-]c1. The Morgan fingerprint density at radius 2 is 0.810 bits per heavy atom. The molecule has 232 valence electrons. The number of hydrogen-bond acceptors (Lipinski definition) is 0. The Kier molecular flexibility index (Phi) is 15.1. The monoisotopic (exact) mass is 664 g/mol. The van der Waals surface area contributed by atoms with E-state index in [2.05, 4.69) is 144 Å². The number of hydrogen-bond donors (Lipinski definition) is 0. The minimum absolute atomic E-state index is 0. The first-order valence-corrected chi connectivity index (χ1v) is 15.7. The zero-order chi connectivity index (χ0) is 29.2. The van der Waals surface area contributed by atoms with Gasteiger partial charge in [-0.25, -0.2) is 24.3 Å². The summed E-state index contributed by atoms with van der Waals surface area (Å²) in [7, 11) is -0.662. The minimum Gasteiger partial charge on any atom is -1.00 e. The summed E-state index contributed by atoms with van der Waals surface area (Å²) in [6.45, 7) is 28.0. The summed E-state index contributed by atoms with van der Waals surface area (Å²) in [5, 5.41) is 4.36. The van der Waals surface area contributed by atoms with E-state index >= 15 is 0 Å². The van der Waals surface area contributed by atoms with E-state index in [0.717, 1.165) is 0 Å². The molecule has 0 aromatic heterocycles. The van der Waals surface area contributed by atoms with E-state index < -0.39 is 7.92 Å². The fourth-order valence-electron chi connectivity index (χ4n) is 4.49. The van der Waals surface area contributed by atoms with Gasteiger partial charge in [0, 0.05) is 0 Å². The molecule has 0 spiro atoms. The summed E-state index contributed by atoms with van der Waals surface area (Å²) in [6.07, 6.45) is 0. The Bertz CT molecular complexity index is 1170. The summed E-state index contributed by atoms with van der Waals surface area (Å²) >= 11 is 0. The fourth-order valence-corrected chi connectivity index (χ4v) is 6.93. The molecule has 0 aliphatic rings. The van der Waals surface area contributed by atoms with Crippen LogP contribution in [0.3, 0.4) is 0 Å². The van der Waals surface area contributed by atoms with Crippen molar-refractivity contribution in [3.63, 3.8) is 0 Å². The predicted molar refractivity (Wildman–Crippen MR) is 178 cm³/mol. The Morgan fingerprint density at radius 3 is 1.02 bits per heavy atom. The van der Waals surface area contributed by atoms with Crippen LogP contribution in [0.4, 0.5) is 0 Å². The fraction of sp³-hybridized carbons (Fsp3) is 0.421. The van der Waals surface area contributed by atoms with Crippen LogP contribution in [0.5, 0.6) is 0 Å². The van der Waals surface area contributed by atoms with Gasteiger partial charge in [0.2, 0.25) is 0 Å². The third kappa shape index (κ3) is 11.0. The Labute approximate surface area is 282 Å². The summed E-state index contributed by atoms with van der Waals surface area (Å²) in [5.74, 6) is 0. The summed E-state index contributed by atoms with van der Waals surface area (Å²) < 4.78 is 0. The molecule has 0 atom stereocenters. The quantitative estimate of drug-likeness (QED) is 0.178. The maximum atomic E-state index is 2.49. The third-order valence-corrected chi connectivity index (χ3v) is 9.64. The largest absolute Gasteiger partial charge is 2.00 e. The molecule has 0 bridgehead atoms. The summed E-state index contributed by atoms with van der Waals surface area (Å²) in [6, 6.07) is 33.9. The molecule has 0 amide bonds. The maximum absolute atomic E-state index is 2.49. The van der Waals surface area contributed by atoms with Crippen molar-refractivity contribution in [3.8, 4) is 0 Å². The van der Waals surface area contributed by atoms with Crippen molar-refractivity contribution in [1.29, 1.82) is 0 Å². The average molecular weight is 666 g/mol. The van der Waals surface area contributed by atoms with E-state index in [9.17, 15) is 0 Å². The molecule has 0 N–H and O–H groups in total. The smallest absolute Gasteiger partial charge is 1.00 e. The van der Waals surface area contributed by atoms with Crippen molar-refractivity contribution in [2.75, 3.05) is 0 Å². The second kappa shape index (κ2) is 15.6. The second-order valence-electron chi connectivity index (χ2n) is 15.0. The molecular formula is C38H51Cl2FeP-2. The summed E-state index contributed by atoms with van der Waals surface area (Å²) in [5.41, 5.74) is 6.13. The molecule has 0 radical (unpaired) electrons. The van der Waals surface area contributed by atoms with Crippen LogP contribution in [0.1, 0.15) is 105 Å². The van der Waals surface area contributed by atoms with Crippen LogP contribution in [0, 0.1) is 0 Å². The molecule has 4 heteroatoms. The second-order valence-corrected chi connectivity index (χ2v) is 17.2. The Balaban J connectivity index is 0.00000190. The topological polar surface area (TPSA) is 0 Å². The standard InChI is InChI=1S/C33H46P.C5H5.2ClH.Fe/c1-30(2,3)23-17-24(31(4,5)6)20-28(19-23)34(27-15-13-14-16-27)29-21-25(32(7,8)9)18-26(22-29)33(10,11)12;1-2-4-5-3-1;;;/h13-22H,1-12H3;1-5H;2*1H;/q2*-1;;;+2/p-2. The van der Waals surface area contributed by atoms with E-state index in [1.807, 2.05) is 30.3 Å². The van der Waals surface area contributed by atoms with Crippen LogP contribution in [0.25, 0.3) is 0 Å². The first-order chi connectivity index (χ1) is 17.9. The van der Waals surface area contributed by atoms with Crippen molar-refractivity contribution in [2.45, 2.75) is 105 Å². The van der Waals surface area contributed by atoms with Crippen molar-refractivity contribution < 1.29 is 41.9 Å². The molecule has 4 aromatic carbocycles. The zero-order valence-electron chi connectivity index (χ0n) is 27.7. The van der Waals surface area contributed by atoms with Crippen molar-refractivity contribution >= 4 is 23.8 Å². The van der Waals surface area contributed by atoms with Gasteiger partial charge in [0.05, 0.1) is 0 Å². The minimum atomic E-state index is -0.662. The molecule has 0 fully saturated rings. The molecule has 0 saturated carbocycles. The van der Waals surface area contributed by atoms with Crippen LogP contribution >= 0.6 is 7.92 Å². The van der Waals surface area contributed by atoms with Crippen molar-refractivity contribution in [2.24, 2.45) is 0 Å². The molecule has 0 heterocycles. The molecule has 4 rings (SSSR count). The third-order valence-electron chi connectivity index (χ3n) is 7.27. The van der Waals surface area contributed by atoms with E-state index in [4.69, 9.17) is 0 Å². The zero-order valence-corrected chi connectivity index (χ0v) is 31.2. The van der Waals surface area contributed by atoms with Gasteiger partial charge in [-0.15, -0.1) is 5.30 Å². The molecule has 0 aliphatic heterocycles. The average Bonchev–Trinajstić information content (AvgIpc) is 3.54. The Morgan fingerprint density at radius 1 is 0.476 bits per heavy atom. The first kappa shape index (κ1) is 40.7. The van der Waals surface area contributed by atoms with Gasteiger partial charge in [0.25, 0.3) is 0 Å². The van der Waals surface area contributed by atoms with Gasteiger partial charge < -0.3 is 24.8 Å². The van der Waals surface area contributed by atoms with Gasteiger partial charge in [-0.2, -0.15) is 30.3 Å². The van der Waals surface area contributed by atoms with Crippen molar-refractivity contribution in [3.05, 3.63) is 113 Å². The first-order valence-electron chi connectivity index (χ1n) is 14.4. The van der Waals surface area contributed by atoms with Crippen LogP contribution in [-0.2, 0) is 38.7 Å². The predicted octanol–water partition coefficient (Wildman–Crippen LogP) is 3.76. The number of benzene rings is 2. The summed E-state index contributed by atoms with van der Waals surface area (Å²) in [4.78, 5) is 0. The van der Waals surface area contributed by atoms with Crippen LogP contribution in [-0.4, -0.2) is 0 Å². The van der Waals surface area contributed by atoms with Crippen molar-refractivity contribution in [1.82, 2.24) is 0 Å². The van der Waals surface area contributed by atoms with Crippen LogP contribution in [0.2, 0.25) is 0 Å². The molecular weight excluding hydrogens is 614 g/mol. The van der Waals surface area contributed by atoms with E-state index in [-0.39, 0.29) is 63.5 Å². The molecule has 0 nitrogen and oxygen atoms in total. The maximum Gasteiger partial charge on any atom is 2.00 e. The van der Waals surface area contributed by atoms with Gasteiger partial charge in [0.15, 0.2) is 0 Å². The Hall–Kier alpha value is -1.33. The van der Waals surface area contributed by atoms with Gasteiger partial charge in [-0.05, 0) is 62.4 Å². The number of halogens is 2. The van der Waals surface area contributed by atoms with Gasteiger partial charge in [-0.3, -0.25) is 0 Å². The molecule has 0 saturated heterocycles. The van der Waals surface area contributed by atoms with E-state index in [1.165, 1.54) is 38.2 Å². The van der Waals surface area contributed by atoms with Gasteiger partial charge in [-0.1, -0.05) is 119 Å². The normalized spacial score (nSPS) is 11.9. The van der Waals surface area contributed by atoms with E-state index in [1.54, 1.807) is 0 Å². The van der Waals surface area contributed by atoms with Crippen LogP contribution < -0.4 is 40.7 Å². The van der Waals surface area contributed by atoms with Crippen LogP contribution in [0.15, 0.2) is 91.0 Å². The van der Waals surface area contributed by atoms with Gasteiger partial charge >= 0.3 is 17.1 Å². The molecule has 0 unspecified atom stereocenters. The molecule has 0 aliphatic carbocycles. The van der Waals surface area contributed by atoms with Gasteiger partial charge in [0.1, 0.15) is 0 Å². The van der Waals surface area contributed by atoms with E-state index in [0.29, 0.717) is 0 Å². The molecule has 4 aromatic rings.